The van der Waals surface area contributed by atoms with Gasteiger partial charge in [0.2, 0.25) is 0 Å². The highest BCUT2D eigenvalue weighted by atomic mass is 19.4. The molecule has 0 radical (unpaired) electrons. The summed E-state index contributed by atoms with van der Waals surface area (Å²) in [6, 6.07) is 13.3. The maximum Gasteiger partial charge on any atom is 0.573 e. The van der Waals surface area contributed by atoms with Crippen LogP contribution in [0.25, 0.3) is 0 Å². The molecule has 2 aromatic rings. The third kappa shape index (κ3) is 4.42. The van der Waals surface area contributed by atoms with Gasteiger partial charge in [0.05, 0.1) is 5.69 Å². The van der Waals surface area contributed by atoms with Crippen LogP contribution >= 0.6 is 0 Å². The van der Waals surface area contributed by atoms with E-state index < -0.39 is 6.36 Å². The van der Waals surface area contributed by atoms with Crippen LogP contribution < -0.4 is 4.74 Å². The normalized spacial score (nSPS) is 23.1. The van der Waals surface area contributed by atoms with E-state index in [0.717, 1.165) is 43.1 Å². The average molecular weight is 377 g/mol. The number of aromatic nitrogens is 1. The van der Waals surface area contributed by atoms with Gasteiger partial charge in [-0.25, -0.2) is 0 Å². The Bertz CT molecular complexity index is 782. The van der Waals surface area contributed by atoms with Crippen LogP contribution in [-0.4, -0.2) is 46.3 Å². The first-order valence-corrected chi connectivity index (χ1v) is 9.11. The maximum absolute atomic E-state index is 12.2. The average Bonchev–Trinajstić information content (AvgIpc) is 2.60. The second-order valence-electron chi connectivity index (χ2n) is 7.37. The molecule has 3 fully saturated rings. The minimum Gasteiger partial charge on any atom is -0.406 e. The molecule has 4 nitrogen and oxygen atoms in total. The first-order chi connectivity index (χ1) is 12.9. The van der Waals surface area contributed by atoms with Crippen molar-refractivity contribution in [3.05, 3.63) is 59.4 Å². The van der Waals surface area contributed by atoms with Crippen LogP contribution in [0.15, 0.2) is 42.5 Å². The fourth-order valence-electron chi connectivity index (χ4n) is 4.09. The summed E-state index contributed by atoms with van der Waals surface area (Å²) in [5, 5.41) is 0. The monoisotopic (exact) mass is 377 g/mol. The quantitative estimate of drug-likeness (QED) is 0.794. The number of aryl methyl sites for hydroxylation is 1. The molecule has 2 bridgehead atoms. The van der Waals surface area contributed by atoms with Crippen molar-refractivity contribution in [3.63, 3.8) is 0 Å². The van der Waals surface area contributed by atoms with Gasteiger partial charge in [-0.15, -0.1) is 13.2 Å². The van der Waals surface area contributed by atoms with Crippen molar-refractivity contribution in [2.45, 2.75) is 44.9 Å². The number of halogens is 3. The van der Waals surface area contributed by atoms with Crippen LogP contribution in [0.1, 0.15) is 23.4 Å². The zero-order chi connectivity index (χ0) is 19.0. The third-order valence-electron chi connectivity index (χ3n) is 5.27. The van der Waals surface area contributed by atoms with Crippen molar-refractivity contribution in [3.8, 4) is 5.75 Å². The molecule has 2 unspecified atom stereocenters. The van der Waals surface area contributed by atoms with Crippen LogP contribution in [0.4, 0.5) is 13.2 Å². The standard InChI is InChI=1S/C20H22F3N3O/c1-14-3-2-4-16(24-14)11-25-12-17-9-18(13-25)26(17)10-15-5-7-19(8-6-15)27-20(21,22)23/h2-8,17-18H,9-13H2,1H3. The highest BCUT2D eigenvalue weighted by Crippen LogP contribution is 2.34. The smallest absolute Gasteiger partial charge is 0.406 e. The van der Waals surface area contributed by atoms with Gasteiger partial charge in [-0.05, 0) is 43.2 Å². The van der Waals surface area contributed by atoms with Gasteiger partial charge in [-0.2, -0.15) is 0 Å². The van der Waals surface area contributed by atoms with Crippen molar-refractivity contribution in [1.82, 2.24) is 14.8 Å². The summed E-state index contributed by atoms with van der Waals surface area (Å²) in [5.74, 6) is -0.174. The zero-order valence-corrected chi connectivity index (χ0v) is 15.1. The van der Waals surface area contributed by atoms with E-state index >= 15 is 0 Å². The van der Waals surface area contributed by atoms with E-state index in [4.69, 9.17) is 0 Å². The van der Waals surface area contributed by atoms with Gasteiger partial charge in [0.1, 0.15) is 5.75 Å². The Kier molecular flexibility index (Phi) is 4.82. The number of fused-ring (bicyclic) bond motifs is 2. The molecule has 0 aliphatic carbocycles. The number of rotatable bonds is 5. The molecule has 3 aliphatic rings. The molecule has 7 heteroatoms. The lowest BCUT2D eigenvalue weighted by Crippen LogP contribution is -2.67. The lowest BCUT2D eigenvalue weighted by atomic mass is 9.86. The van der Waals surface area contributed by atoms with Crippen molar-refractivity contribution in [2.24, 2.45) is 0 Å². The van der Waals surface area contributed by atoms with Gasteiger partial charge in [0.25, 0.3) is 0 Å². The third-order valence-corrected chi connectivity index (χ3v) is 5.27. The Morgan fingerprint density at radius 2 is 1.74 bits per heavy atom. The Morgan fingerprint density at radius 1 is 1.04 bits per heavy atom. The van der Waals surface area contributed by atoms with Crippen molar-refractivity contribution in [1.29, 1.82) is 0 Å². The number of hydrogen-bond donors (Lipinski definition) is 0. The van der Waals surface area contributed by atoms with Crippen molar-refractivity contribution < 1.29 is 17.9 Å². The van der Waals surface area contributed by atoms with Crippen molar-refractivity contribution in [2.75, 3.05) is 13.1 Å². The number of nitrogens with zero attached hydrogens (tertiary/aromatic N) is 3. The lowest BCUT2D eigenvalue weighted by Gasteiger charge is -2.56. The van der Waals surface area contributed by atoms with Crippen LogP contribution in [-0.2, 0) is 13.1 Å². The topological polar surface area (TPSA) is 28.6 Å². The van der Waals surface area contributed by atoms with E-state index in [1.54, 1.807) is 12.1 Å². The molecule has 0 saturated carbocycles. The molecular weight excluding hydrogens is 355 g/mol. The molecule has 144 valence electrons. The highest BCUT2D eigenvalue weighted by molar-refractivity contribution is 5.28. The molecule has 3 aliphatic heterocycles. The fourth-order valence-corrected chi connectivity index (χ4v) is 4.09. The van der Waals surface area contributed by atoms with Crippen LogP contribution in [0.5, 0.6) is 5.75 Å². The highest BCUT2D eigenvalue weighted by Gasteiger charge is 2.44. The summed E-state index contributed by atoms with van der Waals surface area (Å²) >= 11 is 0. The number of ether oxygens (including phenoxy) is 1. The molecule has 4 heterocycles. The maximum atomic E-state index is 12.2. The molecule has 5 rings (SSSR count). The van der Waals surface area contributed by atoms with E-state index in [0.29, 0.717) is 12.1 Å². The Labute approximate surface area is 156 Å². The second-order valence-corrected chi connectivity index (χ2v) is 7.37. The fraction of sp³-hybridized carbons (Fsp3) is 0.450. The van der Waals surface area contributed by atoms with E-state index in [9.17, 15) is 13.2 Å². The summed E-state index contributed by atoms with van der Waals surface area (Å²) in [4.78, 5) is 9.47. The molecule has 0 N–H and O–H groups in total. The minimum absolute atomic E-state index is 0.174. The van der Waals surface area contributed by atoms with Gasteiger partial charge in [-0.3, -0.25) is 14.8 Å². The molecule has 0 spiro atoms. The van der Waals surface area contributed by atoms with Crippen LogP contribution in [0.3, 0.4) is 0 Å². The molecular formula is C20H22F3N3O. The molecule has 2 atom stereocenters. The van der Waals surface area contributed by atoms with E-state index in [2.05, 4.69) is 25.6 Å². The molecule has 1 aromatic carbocycles. The van der Waals surface area contributed by atoms with Gasteiger partial charge in [0.15, 0.2) is 0 Å². The largest absolute Gasteiger partial charge is 0.573 e. The predicted octanol–water partition coefficient (Wildman–Crippen LogP) is 3.75. The Morgan fingerprint density at radius 3 is 2.37 bits per heavy atom. The number of pyridine rings is 1. The SMILES string of the molecule is Cc1cccc(CN2CC3CC(C2)N3Cc2ccc(OC(F)(F)F)cc2)n1. The first kappa shape index (κ1) is 18.3. The summed E-state index contributed by atoms with van der Waals surface area (Å²) in [6.45, 7) is 5.64. The molecule has 27 heavy (non-hydrogen) atoms. The number of benzene rings is 1. The van der Waals surface area contributed by atoms with Crippen molar-refractivity contribution >= 4 is 0 Å². The molecule has 0 amide bonds. The summed E-state index contributed by atoms with van der Waals surface area (Å²) < 4.78 is 40.7. The van der Waals surface area contributed by atoms with Gasteiger partial charge in [-0.1, -0.05) is 18.2 Å². The van der Waals surface area contributed by atoms with Gasteiger partial charge < -0.3 is 4.74 Å². The van der Waals surface area contributed by atoms with Crippen LogP contribution in [0.2, 0.25) is 0 Å². The Balaban J connectivity index is 1.31. The van der Waals surface area contributed by atoms with Gasteiger partial charge in [0, 0.05) is 44.0 Å². The number of piperazine rings is 1. The summed E-state index contributed by atoms with van der Waals surface area (Å²) in [5.41, 5.74) is 3.14. The number of hydrogen-bond acceptors (Lipinski definition) is 4. The Hall–Kier alpha value is -2.12. The molecule has 1 aromatic heterocycles. The minimum atomic E-state index is -4.65. The van der Waals surface area contributed by atoms with Gasteiger partial charge >= 0.3 is 6.36 Å². The second kappa shape index (κ2) is 7.13. The van der Waals surface area contributed by atoms with Crippen LogP contribution in [0, 0.1) is 6.92 Å². The lowest BCUT2D eigenvalue weighted by molar-refractivity contribution is -0.274. The first-order valence-electron chi connectivity index (χ1n) is 9.11. The number of piperidine rings is 1. The summed E-state index contributed by atoms with van der Waals surface area (Å²) in [7, 11) is 0. The van der Waals surface area contributed by atoms with E-state index in [1.807, 2.05) is 19.1 Å². The predicted molar refractivity (Wildman–Crippen MR) is 95.1 cm³/mol. The zero-order valence-electron chi connectivity index (χ0n) is 15.1. The van der Waals surface area contributed by atoms with E-state index in [1.165, 1.54) is 18.6 Å². The summed E-state index contributed by atoms with van der Waals surface area (Å²) in [6.07, 6.45) is -3.46. The van der Waals surface area contributed by atoms with E-state index in [-0.39, 0.29) is 5.75 Å². The number of alkyl halides is 3. The molecule has 3 saturated heterocycles.